The Morgan fingerprint density at radius 3 is 2.71 bits per heavy atom. The quantitative estimate of drug-likeness (QED) is 0.665. The van der Waals surface area contributed by atoms with Gasteiger partial charge in [-0.15, -0.1) is 0 Å². The van der Waals surface area contributed by atoms with Crippen LogP contribution in [0, 0.1) is 11.8 Å². The molecule has 7 nitrogen and oxygen atoms in total. The predicted octanol–water partition coefficient (Wildman–Crippen LogP) is 1.67. The van der Waals surface area contributed by atoms with Crippen molar-refractivity contribution in [1.29, 1.82) is 0 Å². The van der Waals surface area contributed by atoms with Crippen molar-refractivity contribution >= 4 is 22.8 Å². The van der Waals surface area contributed by atoms with E-state index in [1.54, 1.807) is 54.2 Å². The summed E-state index contributed by atoms with van der Waals surface area (Å²) >= 11 is 0. The summed E-state index contributed by atoms with van der Waals surface area (Å²) in [7, 11) is 1.63. The molecule has 0 spiro atoms. The highest BCUT2D eigenvalue weighted by atomic mass is 16.4. The third-order valence-corrected chi connectivity index (χ3v) is 4.80. The van der Waals surface area contributed by atoms with Crippen LogP contribution in [0.25, 0.3) is 16.6 Å². The number of para-hydroxylation sites is 1. The van der Waals surface area contributed by atoms with Crippen molar-refractivity contribution in [2.24, 2.45) is 0 Å². The third kappa shape index (κ3) is 2.90. The van der Waals surface area contributed by atoms with Gasteiger partial charge in [-0.1, -0.05) is 36.1 Å². The van der Waals surface area contributed by atoms with Crippen molar-refractivity contribution in [3.63, 3.8) is 0 Å². The lowest BCUT2D eigenvalue weighted by Crippen LogP contribution is -2.37. The number of carboxylic acids is 1. The number of carbonyl (C=O) groups is 2. The molecule has 1 amide bonds. The molecule has 1 aliphatic heterocycles. The molecule has 4 rings (SSSR count). The summed E-state index contributed by atoms with van der Waals surface area (Å²) in [6.45, 7) is 0.460. The number of likely N-dealkylation sites (tertiary alicyclic amines) is 1. The fraction of sp³-hybridized carbons (Fsp3) is 0.190. The first-order valence-electron chi connectivity index (χ1n) is 8.72. The molecule has 1 atom stereocenters. The number of carbonyl (C=O) groups excluding carboxylic acids is 1. The lowest BCUT2D eigenvalue weighted by atomic mass is 10.0. The zero-order chi connectivity index (χ0) is 19.9. The number of benzene rings is 2. The van der Waals surface area contributed by atoms with Gasteiger partial charge in [-0.3, -0.25) is 4.79 Å². The molecule has 7 heteroatoms. The van der Waals surface area contributed by atoms with Crippen LogP contribution in [-0.2, 0) is 4.79 Å². The van der Waals surface area contributed by atoms with Crippen LogP contribution in [0.1, 0.15) is 22.5 Å². The molecule has 140 valence electrons. The van der Waals surface area contributed by atoms with Crippen LogP contribution in [0.3, 0.4) is 0 Å². The Labute approximate surface area is 160 Å². The number of aliphatic hydroxyl groups is 1. The topological polar surface area (TPSA) is 95.7 Å². The fourth-order valence-corrected chi connectivity index (χ4v) is 3.28. The van der Waals surface area contributed by atoms with E-state index in [2.05, 4.69) is 16.9 Å². The summed E-state index contributed by atoms with van der Waals surface area (Å²) in [5.41, 5.74) is 0.193. The number of carboxylic acid groups (broad SMARTS) is 1. The van der Waals surface area contributed by atoms with Crippen molar-refractivity contribution in [2.45, 2.75) is 12.0 Å². The standard InChI is InChI=1S/C21H17N3O4/c1-23-12-11-21(28,20(23)27)10-9-14-5-4-6-15(13-14)24-17-8-3-2-7-16(17)18(22-24)19(25)26/h2-8,13,28H,11-12H2,1H3,(H,25,26)/t21-/m0/s1. The summed E-state index contributed by atoms with van der Waals surface area (Å²) in [4.78, 5) is 25.0. The lowest BCUT2D eigenvalue weighted by molar-refractivity contribution is -0.137. The van der Waals surface area contributed by atoms with Gasteiger partial charge in [0.1, 0.15) is 0 Å². The molecule has 0 bridgehead atoms. The average molecular weight is 375 g/mol. The van der Waals surface area contributed by atoms with Gasteiger partial charge >= 0.3 is 5.97 Å². The van der Waals surface area contributed by atoms with Gasteiger partial charge in [0.25, 0.3) is 5.91 Å². The maximum Gasteiger partial charge on any atom is 0.357 e. The van der Waals surface area contributed by atoms with Gasteiger partial charge in [0.15, 0.2) is 5.69 Å². The Bertz CT molecular complexity index is 1170. The number of aromatic carboxylic acids is 1. The lowest BCUT2D eigenvalue weighted by Gasteiger charge is -2.13. The van der Waals surface area contributed by atoms with Crippen LogP contribution >= 0.6 is 0 Å². The van der Waals surface area contributed by atoms with E-state index in [-0.39, 0.29) is 12.1 Å². The molecule has 0 unspecified atom stereocenters. The molecule has 1 fully saturated rings. The van der Waals surface area contributed by atoms with E-state index >= 15 is 0 Å². The molecule has 2 N–H and O–H groups in total. The first kappa shape index (κ1) is 17.8. The van der Waals surface area contributed by atoms with E-state index in [0.717, 1.165) is 0 Å². The molecule has 1 saturated heterocycles. The van der Waals surface area contributed by atoms with E-state index in [1.807, 2.05) is 6.07 Å². The zero-order valence-corrected chi connectivity index (χ0v) is 15.1. The molecule has 3 aromatic rings. The van der Waals surface area contributed by atoms with Gasteiger partial charge in [0, 0.05) is 31.0 Å². The number of rotatable bonds is 2. The molecule has 2 aromatic carbocycles. The van der Waals surface area contributed by atoms with Crippen LogP contribution in [0.5, 0.6) is 0 Å². The monoisotopic (exact) mass is 375 g/mol. The maximum atomic E-state index is 12.1. The van der Waals surface area contributed by atoms with Gasteiger partial charge in [-0.2, -0.15) is 5.10 Å². The molecule has 28 heavy (non-hydrogen) atoms. The Kier molecular flexibility index (Phi) is 4.13. The number of fused-ring (bicyclic) bond motifs is 1. The Morgan fingerprint density at radius 1 is 1.21 bits per heavy atom. The summed E-state index contributed by atoms with van der Waals surface area (Å²) in [6, 6.07) is 14.1. The minimum atomic E-state index is -1.67. The van der Waals surface area contributed by atoms with Crippen LogP contribution in [0.2, 0.25) is 0 Å². The van der Waals surface area contributed by atoms with Crippen molar-refractivity contribution in [1.82, 2.24) is 14.7 Å². The van der Waals surface area contributed by atoms with Gasteiger partial charge in [0.2, 0.25) is 5.60 Å². The van der Waals surface area contributed by atoms with Crippen molar-refractivity contribution in [3.05, 3.63) is 59.8 Å². The zero-order valence-electron chi connectivity index (χ0n) is 15.1. The highest BCUT2D eigenvalue weighted by molar-refractivity contribution is 6.01. The number of nitrogens with zero attached hydrogens (tertiary/aromatic N) is 3. The molecule has 0 aliphatic carbocycles. The third-order valence-electron chi connectivity index (χ3n) is 4.80. The number of amides is 1. The number of hydrogen-bond donors (Lipinski definition) is 2. The van der Waals surface area contributed by atoms with E-state index in [1.165, 1.54) is 4.90 Å². The average Bonchev–Trinajstić information content (AvgIpc) is 3.21. The molecular formula is C21H17N3O4. The predicted molar refractivity (Wildman–Crippen MR) is 102 cm³/mol. The minimum absolute atomic E-state index is 0.0269. The molecular weight excluding hydrogens is 358 g/mol. The number of likely N-dealkylation sites (N-methyl/N-ethyl adjacent to an activating group) is 1. The summed E-state index contributed by atoms with van der Waals surface area (Å²) in [5.74, 6) is 4.04. The maximum absolute atomic E-state index is 12.1. The van der Waals surface area contributed by atoms with Gasteiger partial charge in [-0.25, -0.2) is 9.48 Å². The summed E-state index contributed by atoms with van der Waals surface area (Å²) in [6.07, 6.45) is 0.265. The highest BCUT2D eigenvalue weighted by Gasteiger charge is 2.42. The van der Waals surface area contributed by atoms with E-state index in [0.29, 0.717) is 28.7 Å². The van der Waals surface area contributed by atoms with Crippen LogP contribution in [-0.4, -0.2) is 56.0 Å². The van der Waals surface area contributed by atoms with Crippen molar-refractivity contribution in [3.8, 4) is 17.5 Å². The molecule has 1 aromatic heterocycles. The second-order valence-electron chi connectivity index (χ2n) is 6.72. The van der Waals surface area contributed by atoms with Gasteiger partial charge < -0.3 is 15.1 Å². The number of hydrogen-bond acceptors (Lipinski definition) is 4. The van der Waals surface area contributed by atoms with E-state index in [4.69, 9.17) is 0 Å². The van der Waals surface area contributed by atoms with Crippen LogP contribution < -0.4 is 0 Å². The number of aromatic nitrogens is 2. The van der Waals surface area contributed by atoms with Crippen molar-refractivity contribution < 1.29 is 19.8 Å². The van der Waals surface area contributed by atoms with Gasteiger partial charge in [-0.05, 0) is 24.3 Å². The fourth-order valence-electron chi connectivity index (χ4n) is 3.28. The molecule has 0 saturated carbocycles. The van der Waals surface area contributed by atoms with Gasteiger partial charge in [0.05, 0.1) is 11.2 Å². The Balaban J connectivity index is 1.76. The first-order chi connectivity index (χ1) is 13.4. The summed E-state index contributed by atoms with van der Waals surface area (Å²) < 4.78 is 1.55. The largest absolute Gasteiger partial charge is 0.476 e. The normalized spacial score (nSPS) is 18.9. The second kappa shape index (κ2) is 6.51. The Hall–Kier alpha value is -3.63. The van der Waals surface area contributed by atoms with Crippen LogP contribution in [0.15, 0.2) is 48.5 Å². The summed E-state index contributed by atoms with van der Waals surface area (Å²) in [5, 5.41) is 24.6. The van der Waals surface area contributed by atoms with E-state index in [9.17, 15) is 19.8 Å². The molecule has 2 heterocycles. The van der Waals surface area contributed by atoms with E-state index < -0.39 is 17.5 Å². The van der Waals surface area contributed by atoms with Crippen molar-refractivity contribution in [2.75, 3.05) is 13.6 Å². The van der Waals surface area contributed by atoms with Crippen LogP contribution in [0.4, 0.5) is 0 Å². The molecule has 0 radical (unpaired) electrons. The second-order valence-corrected chi connectivity index (χ2v) is 6.72. The smallest absolute Gasteiger partial charge is 0.357 e. The Morgan fingerprint density at radius 2 is 2.00 bits per heavy atom. The first-order valence-corrected chi connectivity index (χ1v) is 8.72. The molecule has 1 aliphatic rings. The SMILES string of the molecule is CN1CC[C@@](O)(C#Cc2cccc(-n3nc(C(=O)O)c4ccccc43)c2)C1=O. The highest BCUT2D eigenvalue weighted by Crippen LogP contribution is 2.23. The minimum Gasteiger partial charge on any atom is -0.476 e.